The van der Waals surface area contributed by atoms with Gasteiger partial charge in [-0.1, -0.05) is 29.8 Å². The predicted molar refractivity (Wildman–Crippen MR) is 66.4 cm³/mol. The number of piperidine rings is 1. The van der Waals surface area contributed by atoms with Crippen LogP contribution in [0, 0.1) is 12.8 Å². The van der Waals surface area contributed by atoms with Crippen molar-refractivity contribution in [1.29, 1.82) is 0 Å². The van der Waals surface area contributed by atoms with Gasteiger partial charge in [-0.2, -0.15) is 0 Å². The average Bonchev–Trinajstić information content (AvgIpc) is 2.33. The zero-order valence-corrected chi connectivity index (χ0v) is 10.0. The fraction of sp³-hybridized carbons (Fsp3) is 0.571. The Morgan fingerprint density at radius 3 is 2.81 bits per heavy atom. The van der Waals surface area contributed by atoms with Crippen LogP contribution in [0.3, 0.4) is 0 Å². The number of rotatable bonds is 4. The van der Waals surface area contributed by atoms with E-state index in [1.54, 1.807) is 0 Å². The predicted octanol–water partition coefficient (Wildman–Crippen LogP) is 2.51. The van der Waals surface area contributed by atoms with Crippen molar-refractivity contribution in [2.24, 2.45) is 5.92 Å². The van der Waals surface area contributed by atoms with Gasteiger partial charge in [0, 0.05) is 6.54 Å². The van der Waals surface area contributed by atoms with Gasteiger partial charge in [-0.3, -0.25) is 0 Å². The van der Waals surface area contributed by atoms with Gasteiger partial charge in [-0.15, -0.1) is 0 Å². The molecule has 1 unspecified atom stereocenters. The van der Waals surface area contributed by atoms with E-state index in [9.17, 15) is 0 Å². The molecule has 1 aromatic carbocycles. The van der Waals surface area contributed by atoms with Crippen LogP contribution < -0.4 is 5.32 Å². The van der Waals surface area contributed by atoms with Crippen LogP contribution in [0.4, 0.5) is 0 Å². The first-order valence-corrected chi connectivity index (χ1v) is 6.18. The maximum absolute atomic E-state index is 5.76. The zero-order valence-electron chi connectivity index (χ0n) is 10.0. The van der Waals surface area contributed by atoms with Crippen LogP contribution in [0.1, 0.15) is 24.0 Å². The lowest BCUT2D eigenvalue weighted by atomic mass is 10.0. The number of nitrogens with one attached hydrogen (secondary N) is 1. The maximum atomic E-state index is 5.76. The van der Waals surface area contributed by atoms with E-state index in [0.717, 1.165) is 19.8 Å². The zero-order chi connectivity index (χ0) is 11.2. The second-order valence-corrected chi connectivity index (χ2v) is 4.71. The van der Waals surface area contributed by atoms with Crippen molar-refractivity contribution in [3.63, 3.8) is 0 Å². The minimum Gasteiger partial charge on any atom is -0.376 e. The van der Waals surface area contributed by atoms with Crippen LogP contribution in [0.5, 0.6) is 0 Å². The highest BCUT2D eigenvalue weighted by atomic mass is 16.5. The van der Waals surface area contributed by atoms with Crippen molar-refractivity contribution in [3.05, 3.63) is 35.4 Å². The molecule has 1 aliphatic rings. The summed E-state index contributed by atoms with van der Waals surface area (Å²) < 4.78 is 5.76. The monoisotopic (exact) mass is 219 g/mol. The first-order chi connectivity index (χ1) is 7.84. The number of aryl methyl sites for hydroxylation is 1. The molecule has 0 amide bonds. The topological polar surface area (TPSA) is 21.3 Å². The second kappa shape index (κ2) is 6.02. The van der Waals surface area contributed by atoms with E-state index in [2.05, 4.69) is 36.5 Å². The van der Waals surface area contributed by atoms with Gasteiger partial charge < -0.3 is 10.1 Å². The Labute approximate surface area is 98.0 Å². The highest BCUT2D eigenvalue weighted by Crippen LogP contribution is 2.11. The van der Waals surface area contributed by atoms with Crippen LogP contribution in [0.25, 0.3) is 0 Å². The SMILES string of the molecule is Cc1ccc(COCC2CCCNC2)cc1. The Bertz CT molecular complexity index is 301. The van der Waals surface area contributed by atoms with Gasteiger partial charge in [-0.25, -0.2) is 0 Å². The van der Waals surface area contributed by atoms with Crippen LogP contribution in [0.2, 0.25) is 0 Å². The third-order valence-electron chi connectivity index (χ3n) is 3.14. The molecule has 1 aromatic rings. The Kier molecular flexibility index (Phi) is 4.37. The molecule has 2 rings (SSSR count). The summed E-state index contributed by atoms with van der Waals surface area (Å²) in [5.41, 5.74) is 2.58. The molecule has 1 fully saturated rings. The largest absolute Gasteiger partial charge is 0.376 e. The third kappa shape index (κ3) is 3.62. The fourth-order valence-electron chi connectivity index (χ4n) is 2.09. The quantitative estimate of drug-likeness (QED) is 0.840. The van der Waals surface area contributed by atoms with Crippen molar-refractivity contribution in [1.82, 2.24) is 5.32 Å². The van der Waals surface area contributed by atoms with E-state index in [1.165, 1.54) is 30.5 Å². The summed E-state index contributed by atoms with van der Waals surface area (Å²) in [4.78, 5) is 0. The lowest BCUT2D eigenvalue weighted by Gasteiger charge is -2.22. The minimum absolute atomic E-state index is 0.708. The molecule has 16 heavy (non-hydrogen) atoms. The molecule has 1 aliphatic heterocycles. The van der Waals surface area contributed by atoms with Crippen molar-refractivity contribution in [3.8, 4) is 0 Å². The Balaban J connectivity index is 1.69. The van der Waals surface area contributed by atoms with Crippen LogP contribution >= 0.6 is 0 Å². The molecule has 2 nitrogen and oxygen atoms in total. The molecular formula is C14H21NO. The van der Waals surface area contributed by atoms with Gasteiger partial charge in [0.05, 0.1) is 13.2 Å². The summed E-state index contributed by atoms with van der Waals surface area (Å²) in [5, 5.41) is 3.41. The summed E-state index contributed by atoms with van der Waals surface area (Å²) in [6.07, 6.45) is 2.60. The van der Waals surface area contributed by atoms with E-state index < -0.39 is 0 Å². The Morgan fingerprint density at radius 1 is 1.31 bits per heavy atom. The molecule has 0 aliphatic carbocycles. The fourth-order valence-corrected chi connectivity index (χ4v) is 2.09. The van der Waals surface area contributed by atoms with Gasteiger partial charge in [0.2, 0.25) is 0 Å². The number of hydrogen-bond donors (Lipinski definition) is 1. The molecule has 0 radical (unpaired) electrons. The molecule has 1 heterocycles. The Morgan fingerprint density at radius 2 is 2.12 bits per heavy atom. The third-order valence-corrected chi connectivity index (χ3v) is 3.14. The molecule has 0 spiro atoms. The van der Waals surface area contributed by atoms with Crippen LogP contribution in [-0.4, -0.2) is 19.7 Å². The van der Waals surface area contributed by atoms with E-state index in [-0.39, 0.29) is 0 Å². The normalized spacial score (nSPS) is 20.9. The van der Waals surface area contributed by atoms with Gasteiger partial charge in [0.15, 0.2) is 0 Å². The lowest BCUT2D eigenvalue weighted by Crippen LogP contribution is -2.32. The lowest BCUT2D eigenvalue weighted by molar-refractivity contribution is 0.0783. The van der Waals surface area contributed by atoms with E-state index in [0.29, 0.717) is 5.92 Å². The second-order valence-electron chi connectivity index (χ2n) is 4.71. The van der Waals surface area contributed by atoms with Crippen molar-refractivity contribution >= 4 is 0 Å². The molecular weight excluding hydrogens is 198 g/mol. The average molecular weight is 219 g/mol. The molecule has 0 aromatic heterocycles. The molecule has 2 heteroatoms. The summed E-state index contributed by atoms with van der Waals surface area (Å²) >= 11 is 0. The summed E-state index contributed by atoms with van der Waals surface area (Å²) in [6, 6.07) is 8.57. The summed E-state index contributed by atoms with van der Waals surface area (Å²) in [7, 11) is 0. The first kappa shape index (κ1) is 11.6. The number of ether oxygens (including phenoxy) is 1. The molecule has 0 bridgehead atoms. The molecule has 0 saturated carbocycles. The van der Waals surface area contributed by atoms with Gasteiger partial charge >= 0.3 is 0 Å². The smallest absolute Gasteiger partial charge is 0.0717 e. The highest BCUT2D eigenvalue weighted by molar-refractivity contribution is 5.20. The van der Waals surface area contributed by atoms with Crippen molar-refractivity contribution in [2.75, 3.05) is 19.7 Å². The van der Waals surface area contributed by atoms with Crippen molar-refractivity contribution < 1.29 is 4.74 Å². The maximum Gasteiger partial charge on any atom is 0.0717 e. The molecule has 88 valence electrons. The molecule has 1 N–H and O–H groups in total. The first-order valence-electron chi connectivity index (χ1n) is 6.18. The van der Waals surface area contributed by atoms with Crippen LogP contribution in [0.15, 0.2) is 24.3 Å². The summed E-state index contributed by atoms with van der Waals surface area (Å²) in [6.45, 7) is 6.04. The van der Waals surface area contributed by atoms with Gasteiger partial charge in [-0.05, 0) is 37.8 Å². The van der Waals surface area contributed by atoms with Gasteiger partial charge in [0.1, 0.15) is 0 Å². The van der Waals surface area contributed by atoms with Crippen LogP contribution in [-0.2, 0) is 11.3 Å². The van der Waals surface area contributed by atoms with E-state index in [4.69, 9.17) is 4.74 Å². The molecule has 1 saturated heterocycles. The minimum atomic E-state index is 0.708. The van der Waals surface area contributed by atoms with E-state index in [1.807, 2.05) is 0 Å². The van der Waals surface area contributed by atoms with Gasteiger partial charge in [0.25, 0.3) is 0 Å². The highest BCUT2D eigenvalue weighted by Gasteiger charge is 2.12. The number of hydrogen-bond acceptors (Lipinski definition) is 2. The Hall–Kier alpha value is -0.860. The number of benzene rings is 1. The summed E-state index contributed by atoms with van der Waals surface area (Å²) in [5.74, 6) is 0.708. The molecule has 1 atom stereocenters. The van der Waals surface area contributed by atoms with Crippen molar-refractivity contribution in [2.45, 2.75) is 26.4 Å². The standard InChI is InChI=1S/C14H21NO/c1-12-4-6-13(7-5-12)10-16-11-14-3-2-8-15-9-14/h4-7,14-15H,2-3,8-11H2,1H3. The van der Waals surface area contributed by atoms with E-state index >= 15 is 0 Å².